The zero-order chi connectivity index (χ0) is 15.5. The van der Waals surface area contributed by atoms with Crippen LogP contribution in [-0.2, 0) is 11.2 Å². The van der Waals surface area contributed by atoms with Gasteiger partial charge in [-0.25, -0.2) is 9.59 Å². The van der Waals surface area contributed by atoms with Gasteiger partial charge in [0.1, 0.15) is 6.04 Å². The van der Waals surface area contributed by atoms with E-state index < -0.39 is 18.0 Å². The van der Waals surface area contributed by atoms with Crippen LogP contribution in [-0.4, -0.2) is 29.7 Å². The lowest BCUT2D eigenvalue weighted by Gasteiger charge is -2.15. The summed E-state index contributed by atoms with van der Waals surface area (Å²) >= 11 is 0. The van der Waals surface area contributed by atoms with Gasteiger partial charge in [-0.15, -0.1) is 0 Å². The van der Waals surface area contributed by atoms with Crippen molar-refractivity contribution in [2.45, 2.75) is 32.2 Å². The van der Waals surface area contributed by atoms with Crippen LogP contribution in [0.1, 0.15) is 25.3 Å². The highest BCUT2D eigenvalue weighted by Crippen LogP contribution is 2.05. The number of allylic oxidation sites excluding steroid dienone is 1. The molecular formula is C16H22N2O3. The predicted molar refractivity (Wildman–Crippen MR) is 82.2 cm³/mol. The van der Waals surface area contributed by atoms with E-state index in [0.29, 0.717) is 19.4 Å². The van der Waals surface area contributed by atoms with Gasteiger partial charge in [-0.05, 0) is 31.7 Å². The maximum atomic E-state index is 11.6. The van der Waals surface area contributed by atoms with Crippen molar-refractivity contribution in [3.63, 3.8) is 0 Å². The third-order valence-corrected chi connectivity index (χ3v) is 3.00. The zero-order valence-electron chi connectivity index (χ0n) is 12.2. The summed E-state index contributed by atoms with van der Waals surface area (Å²) in [7, 11) is 0. The van der Waals surface area contributed by atoms with E-state index in [1.807, 2.05) is 49.4 Å². The number of carboxylic acid groups (broad SMARTS) is 1. The van der Waals surface area contributed by atoms with Gasteiger partial charge < -0.3 is 15.7 Å². The number of hydrogen-bond acceptors (Lipinski definition) is 2. The normalized spacial score (nSPS) is 12.0. The van der Waals surface area contributed by atoms with Gasteiger partial charge in [-0.1, -0.05) is 42.5 Å². The first-order valence-electron chi connectivity index (χ1n) is 7.05. The van der Waals surface area contributed by atoms with Crippen molar-refractivity contribution in [2.75, 3.05) is 6.54 Å². The molecule has 0 fully saturated rings. The molecule has 1 aromatic carbocycles. The Morgan fingerprint density at radius 1 is 1.29 bits per heavy atom. The van der Waals surface area contributed by atoms with Crippen LogP contribution in [0.5, 0.6) is 0 Å². The number of carbonyl (C=O) groups excluding carboxylic acids is 1. The highest BCUT2D eigenvalue weighted by atomic mass is 16.4. The van der Waals surface area contributed by atoms with Crippen molar-refractivity contribution in [2.24, 2.45) is 0 Å². The van der Waals surface area contributed by atoms with Gasteiger partial charge in [0.2, 0.25) is 0 Å². The molecule has 0 aromatic heterocycles. The molecule has 0 heterocycles. The molecule has 1 rings (SSSR count). The van der Waals surface area contributed by atoms with Crippen molar-refractivity contribution >= 4 is 12.0 Å². The standard InChI is InChI=1S/C16H22N2O3/c1-2-3-7-12-17-16(21)18-14(15(19)20)11-10-13-8-5-4-6-9-13/h2-6,8-9,14H,7,10-12H2,1H3,(H,19,20)(H2,17,18,21)/b3-2+. The highest BCUT2D eigenvalue weighted by Gasteiger charge is 2.19. The molecule has 1 atom stereocenters. The molecule has 0 spiro atoms. The van der Waals surface area contributed by atoms with Gasteiger partial charge in [0.25, 0.3) is 0 Å². The Balaban J connectivity index is 2.39. The molecule has 5 heteroatoms. The molecule has 0 saturated carbocycles. The van der Waals surface area contributed by atoms with Crippen LogP contribution in [0.3, 0.4) is 0 Å². The summed E-state index contributed by atoms with van der Waals surface area (Å²) in [5.41, 5.74) is 1.05. The van der Waals surface area contributed by atoms with Crippen molar-refractivity contribution in [1.29, 1.82) is 0 Å². The molecule has 0 saturated heterocycles. The maximum Gasteiger partial charge on any atom is 0.326 e. The third-order valence-electron chi connectivity index (χ3n) is 3.00. The number of urea groups is 1. The number of benzene rings is 1. The average Bonchev–Trinajstić information content (AvgIpc) is 2.48. The molecule has 1 aromatic rings. The lowest BCUT2D eigenvalue weighted by atomic mass is 10.1. The van der Waals surface area contributed by atoms with Crippen LogP contribution in [0.25, 0.3) is 0 Å². The van der Waals surface area contributed by atoms with Gasteiger partial charge in [0, 0.05) is 6.54 Å². The minimum atomic E-state index is -1.02. The molecule has 0 aliphatic rings. The summed E-state index contributed by atoms with van der Waals surface area (Å²) in [5, 5.41) is 14.3. The Labute approximate surface area is 125 Å². The molecule has 114 valence electrons. The number of aliphatic carboxylic acids is 1. The summed E-state index contributed by atoms with van der Waals surface area (Å²) in [6.07, 6.45) is 5.54. The number of aryl methyl sites for hydroxylation is 1. The minimum Gasteiger partial charge on any atom is -0.480 e. The number of carbonyl (C=O) groups is 2. The van der Waals surface area contributed by atoms with Gasteiger partial charge in [0.05, 0.1) is 0 Å². The molecule has 2 amide bonds. The Hall–Kier alpha value is -2.30. The van der Waals surface area contributed by atoms with E-state index in [1.54, 1.807) is 0 Å². The van der Waals surface area contributed by atoms with Gasteiger partial charge in [-0.3, -0.25) is 0 Å². The van der Waals surface area contributed by atoms with Gasteiger partial charge >= 0.3 is 12.0 Å². The molecule has 0 aliphatic carbocycles. The molecule has 21 heavy (non-hydrogen) atoms. The topological polar surface area (TPSA) is 78.4 Å². The third kappa shape index (κ3) is 7.15. The van der Waals surface area contributed by atoms with Crippen molar-refractivity contribution in [1.82, 2.24) is 10.6 Å². The Morgan fingerprint density at radius 2 is 2.00 bits per heavy atom. The van der Waals surface area contributed by atoms with E-state index in [2.05, 4.69) is 10.6 Å². The molecule has 3 N–H and O–H groups in total. The van der Waals surface area contributed by atoms with Gasteiger partial charge in [-0.2, -0.15) is 0 Å². The van der Waals surface area contributed by atoms with Crippen molar-refractivity contribution in [3.8, 4) is 0 Å². The number of nitrogens with one attached hydrogen (secondary N) is 2. The number of amides is 2. The first kappa shape index (κ1) is 16.8. The molecule has 0 bridgehead atoms. The van der Waals surface area contributed by atoms with E-state index in [4.69, 9.17) is 5.11 Å². The smallest absolute Gasteiger partial charge is 0.326 e. The summed E-state index contributed by atoms with van der Waals surface area (Å²) in [5.74, 6) is -1.02. The fourth-order valence-electron chi connectivity index (χ4n) is 1.86. The lowest BCUT2D eigenvalue weighted by Crippen LogP contribution is -2.46. The van der Waals surface area contributed by atoms with Crippen LogP contribution in [0.4, 0.5) is 4.79 Å². The Kier molecular flexibility index (Phi) is 7.64. The van der Waals surface area contributed by atoms with E-state index in [-0.39, 0.29) is 0 Å². The molecule has 1 unspecified atom stereocenters. The van der Waals surface area contributed by atoms with E-state index in [1.165, 1.54) is 0 Å². The second-order valence-corrected chi connectivity index (χ2v) is 4.67. The first-order valence-corrected chi connectivity index (χ1v) is 7.05. The molecule has 0 radical (unpaired) electrons. The highest BCUT2D eigenvalue weighted by molar-refractivity contribution is 5.82. The lowest BCUT2D eigenvalue weighted by molar-refractivity contribution is -0.139. The zero-order valence-corrected chi connectivity index (χ0v) is 12.2. The van der Waals surface area contributed by atoms with Crippen LogP contribution in [0, 0.1) is 0 Å². The van der Waals surface area contributed by atoms with Crippen molar-refractivity contribution < 1.29 is 14.7 Å². The maximum absolute atomic E-state index is 11.6. The summed E-state index contributed by atoms with van der Waals surface area (Å²) < 4.78 is 0. The second kappa shape index (κ2) is 9.58. The Morgan fingerprint density at radius 3 is 2.62 bits per heavy atom. The first-order chi connectivity index (χ1) is 10.1. The number of rotatable bonds is 8. The number of hydrogen-bond donors (Lipinski definition) is 3. The molecule has 5 nitrogen and oxygen atoms in total. The van der Waals surface area contributed by atoms with Crippen LogP contribution >= 0.6 is 0 Å². The quantitative estimate of drug-likeness (QED) is 0.508. The predicted octanol–water partition coefficient (Wildman–Crippen LogP) is 2.34. The molecular weight excluding hydrogens is 268 g/mol. The van der Waals surface area contributed by atoms with Crippen molar-refractivity contribution in [3.05, 3.63) is 48.0 Å². The SMILES string of the molecule is C/C=C/CCNC(=O)NC(CCc1ccccc1)C(=O)O. The fourth-order valence-corrected chi connectivity index (χ4v) is 1.86. The monoisotopic (exact) mass is 290 g/mol. The molecule has 0 aliphatic heterocycles. The van der Waals surface area contributed by atoms with Crippen LogP contribution in [0.2, 0.25) is 0 Å². The fraction of sp³-hybridized carbons (Fsp3) is 0.375. The minimum absolute atomic E-state index is 0.363. The second-order valence-electron chi connectivity index (χ2n) is 4.67. The van der Waals surface area contributed by atoms with Crippen LogP contribution in [0.15, 0.2) is 42.5 Å². The van der Waals surface area contributed by atoms with Gasteiger partial charge in [0.15, 0.2) is 0 Å². The number of carboxylic acids is 1. The van der Waals surface area contributed by atoms with E-state index >= 15 is 0 Å². The summed E-state index contributed by atoms with van der Waals surface area (Å²) in [4.78, 5) is 22.8. The Bertz CT molecular complexity index is 472. The largest absolute Gasteiger partial charge is 0.480 e. The average molecular weight is 290 g/mol. The van der Waals surface area contributed by atoms with E-state index in [9.17, 15) is 9.59 Å². The van der Waals surface area contributed by atoms with Crippen LogP contribution < -0.4 is 10.6 Å². The van der Waals surface area contributed by atoms with E-state index in [0.717, 1.165) is 12.0 Å². The summed E-state index contributed by atoms with van der Waals surface area (Å²) in [6, 6.07) is 8.28. The summed E-state index contributed by atoms with van der Waals surface area (Å²) in [6.45, 7) is 2.39.